The molecule has 0 unspecified atom stereocenters. The molecule has 0 aliphatic heterocycles. The van der Waals surface area contributed by atoms with Gasteiger partial charge in [-0.3, -0.25) is 9.36 Å². The van der Waals surface area contributed by atoms with Gasteiger partial charge >= 0.3 is 0 Å². The van der Waals surface area contributed by atoms with Crippen molar-refractivity contribution in [2.24, 2.45) is 5.92 Å². The van der Waals surface area contributed by atoms with E-state index in [9.17, 15) is 21.6 Å². The predicted molar refractivity (Wildman–Crippen MR) is 129 cm³/mol. The average Bonchev–Trinajstić information content (AvgIpc) is 3.23. The minimum Gasteiger partial charge on any atom is -0.284 e. The minimum absolute atomic E-state index is 0.117. The zero-order chi connectivity index (χ0) is 23.6. The number of pyridine rings is 1. The Morgan fingerprint density at radius 1 is 0.970 bits per heavy atom. The van der Waals surface area contributed by atoms with Crippen LogP contribution >= 0.6 is 22.9 Å². The van der Waals surface area contributed by atoms with Crippen LogP contribution in [-0.4, -0.2) is 33.2 Å². The van der Waals surface area contributed by atoms with E-state index in [0.717, 1.165) is 24.2 Å². The van der Waals surface area contributed by atoms with E-state index in [1.54, 1.807) is 30.5 Å². The van der Waals surface area contributed by atoms with Crippen LogP contribution in [0.3, 0.4) is 0 Å². The number of hydrogen-bond donors (Lipinski definition) is 1. The van der Waals surface area contributed by atoms with Crippen molar-refractivity contribution in [3.05, 3.63) is 75.5 Å². The summed E-state index contributed by atoms with van der Waals surface area (Å²) in [5.74, 6) is -0.499. The van der Waals surface area contributed by atoms with Gasteiger partial charge in [-0.2, -0.15) is 0 Å². The molecule has 0 amide bonds. The number of aromatic nitrogens is 1. The Hall–Kier alpha value is -1.98. The van der Waals surface area contributed by atoms with Crippen LogP contribution in [0.1, 0.15) is 25.7 Å². The first kappa shape index (κ1) is 24.2. The van der Waals surface area contributed by atoms with Crippen molar-refractivity contribution in [1.29, 1.82) is 0 Å². The second-order valence-electron chi connectivity index (χ2n) is 8.02. The molecule has 1 aliphatic carbocycles. The fourth-order valence-electron chi connectivity index (χ4n) is 4.09. The molecular weight excluding hydrogens is 504 g/mol. The van der Waals surface area contributed by atoms with Crippen molar-refractivity contribution in [3.8, 4) is 5.69 Å². The van der Waals surface area contributed by atoms with Crippen LogP contribution in [0.15, 0.2) is 74.7 Å². The largest absolute Gasteiger partial charge is 0.284 e. The average molecular weight is 527 g/mol. The molecule has 0 saturated heterocycles. The van der Waals surface area contributed by atoms with E-state index < -0.39 is 25.9 Å². The highest BCUT2D eigenvalue weighted by atomic mass is 35.5. The van der Waals surface area contributed by atoms with Gasteiger partial charge in [0.05, 0.1) is 15.0 Å². The van der Waals surface area contributed by atoms with Gasteiger partial charge in [-0.25, -0.2) is 21.6 Å². The van der Waals surface area contributed by atoms with Gasteiger partial charge in [-0.1, -0.05) is 30.5 Å². The Morgan fingerprint density at radius 2 is 1.70 bits per heavy atom. The summed E-state index contributed by atoms with van der Waals surface area (Å²) in [7, 11) is -7.43. The second-order valence-corrected chi connectivity index (χ2v) is 13.7. The minimum atomic E-state index is -3.78. The standard InChI is InChI=1S/C22H23ClN2O5S3/c23-20-12-13-22(31-20)33(29,30)24-19-6-2-1-5-16(19)15-32(27,28)18-10-8-17(9-11-18)25-14-4-3-7-21(25)26/h3-4,7-14,16,19,24H,1-2,5-6,15H2/t16-,19-/m1/s1. The number of sulfonamides is 1. The molecule has 1 saturated carbocycles. The van der Waals surface area contributed by atoms with Gasteiger partial charge < -0.3 is 0 Å². The highest BCUT2D eigenvalue weighted by molar-refractivity contribution is 7.92. The van der Waals surface area contributed by atoms with Crippen molar-refractivity contribution < 1.29 is 16.8 Å². The third kappa shape index (κ3) is 5.58. The molecule has 3 aromatic rings. The number of nitrogens with one attached hydrogen (secondary N) is 1. The van der Waals surface area contributed by atoms with Crippen molar-refractivity contribution in [2.75, 3.05) is 5.75 Å². The van der Waals surface area contributed by atoms with Crippen molar-refractivity contribution in [1.82, 2.24) is 9.29 Å². The lowest BCUT2D eigenvalue weighted by atomic mass is 9.86. The van der Waals surface area contributed by atoms with Crippen LogP contribution in [0.25, 0.3) is 5.69 Å². The molecule has 1 N–H and O–H groups in total. The first-order valence-corrected chi connectivity index (χ1v) is 14.8. The fourth-order valence-corrected chi connectivity index (χ4v) is 8.64. The van der Waals surface area contributed by atoms with Crippen LogP contribution in [0.5, 0.6) is 0 Å². The number of benzene rings is 1. The summed E-state index contributed by atoms with van der Waals surface area (Å²) >= 11 is 6.85. The van der Waals surface area contributed by atoms with Crippen LogP contribution in [0, 0.1) is 5.92 Å². The normalized spacial score (nSPS) is 19.4. The summed E-state index contributed by atoms with van der Waals surface area (Å²) in [6.07, 6.45) is 4.49. The molecule has 4 rings (SSSR count). The Morgan fingerprint density at radius 3 is 2.36 bits per heavy atom. The lowest BCUT2D eigenvalue weighted by Crippen LogP contribution is -2.44. The topological polar surface area (TPSA) is 102 Å². The third-order valence-corrected chi connectivity index (χ3v) is 10.8. The van der Waals surface area contributed by atoms with Gasteiger partial charge in [-0.05, 0) is 61.2 Å². The Kier molecular flexibility index (Phi) is 7.11. The lowest BCUT2D eigenvalue weighted by Gasteiger charge is -2.31. The maximum atomic E-state index is 13.1. The highest BCUT2D eigenvalue weighted by Crippen LogP contribution is 2.31. The predicted octanol–water partition coefficient (Wildman–Crippen LogP) is 3.86. The number of nitrogens with zero attached hydrogens (tertiary/aromatic N) is 1. The van der Waals surface area contributed by atoms with Crippen LogP contribution < -0.4 is 10.3 Å². The van der Waals surface area contributed by atoms with Crippen molar-refractivity contribution >= 4 is 42.8 Å². The maximum absolute atomic E-state index is 13.1. The summed E-state index contributed by atoms with van der Waals surface area (Å²) < 4.78 is 56.4. The molecule has 1 fully saturated rings. The zero-order valence-electron chi connectivity index (χ0n) is 17.6. The number of rotatable bonds is 7. The Bertz CT molecular complexity index is 1400. The van der Waals surface area contributed by atoms with E-state index in [4.69, 9.17) is 11.6 Å². The molecule has 176 valence electrons. The van der Waals surface area contributed by atoms with Gasteiger partial charge in [0.15, 0.2) is 9.84 Å². The fraction of sp³-hybridized carbons (Fsp3) is 0.318. The van der Waals surface area contributed by atoms with Gasteiger partial charge in [-0.15, -0.1) is 11.3 Å². The quantitative estimate of drug-likeness (QED) is 0.503. The van der Waals surface area contributed by atoms with Crippen LogP contribution in [0.4, 0.5) is 0 Å². The van der Waals surface area contributed by atoms with E-state index in [1.165, 1.54) is 34.9 Å². The summed E-state index contributed by atoms with van der Waals surface area (Å²) in [5.41, 5.74) is 0.356. The summed E-state index contributed by atoms with van der Waals surface area (Å²) in [6.45, 7) is 0. The smallest absolute Gasteiger partial charge is 0.255 e. The molecule has 0 radical (unpaired) electrons. The number of sulfone groups is 1. The molecule has 7 nitrogen and oxygen atoms in total. The van der Waals surface area contributed by atoms with Crippen molar-refractivity contribution in [3.63, 3.8) is 0 Å². The van der Waals surface area contributed by atoms with E-state index >= 15 is 0 Å². The number of halogens is 1. The molecule has 1 aromatic carbocycles. The highest BCUT2D eigenvalue weighted by Gasteiger charge is 2.33. The molecule has 0 bridgehead atoms. The maximum Gasteiger partial charge on any atom is 0.255 e. The molecule has 2 heterocycles. The monoisotopic (exact) mass is 526 g/mol. The molecule has 11 heteroatoms. The summed E-state index contributed by atoms with van der Waals surface area (Å²) in [5, 5.41) is 0. The molecule has 2 aromatic heterocycles. The van der Waals surface area contributed by atoms with E-state index in [1.807, 2.05) is 0 Å². The molecular formula is C22H23ClN2O5S3. The van der Waals surface area contributed by atoms with Crippen molar-refractivity contribution in [2.45, 2.75) is 40.8 Å². The molecule has 0 spiro atoms. The third-order valence-electron chi connectivity index (χ3n) is 5.76. The number of hydrogen-bond acceptors (Lipinski definition) is 6. The first-order chi connectivity index (χ1) is 15.7. The molecule has 2 atom stereocenters. The lowest BCUT2D eigenvalue weighted by molar-refractivity contribution is 0.311. The first-order valence-electron chi connectivity index (χ1n) is 10.4. The SMILES string of the molecule is O=c1ccccn1-c1ccc(S(=O)(=O)C[C@H]2CCCC[C@H]2NS(=O)(=O)c2ccc(Cl)s2)cc1. The van der Waals surface area contributed by atoms with E-state index in [-0.39, 0.29) is 26.3 Å². The number of thiophene rings is 1. The Balaban J connectivity index is 1.52. The van der Waals surface area contributed by atoms with E-state index in [0.29, 0.717) is 22.9 Å². The zero-order valence-corrected chi connectivity index (χ0v) is 20.8. The Labute approximate surface area is 202 Å². The molecule has 1 aliphatic rings. The van der Waals surface area contributed by atoms with Gasteiger partial charge in [0, 0.05) is 24.0 Å². The van der Waals surface area contributed by atoms with Crippen LogP contribution in [-0.2, 0) is 19.9 Å². The van der Waals surface area contributed by atoms with Crippen LogP contribution in [0.2, 0.25) is 4.34 Å². The van der Waals surface area contributed by atoms with E-state index in [2.05, 4.69) is 4.72 Å². The summed E-state index contributed by atoms with van der Waals surface area (Å²) in [6, 6.07) is 13.5. The molecule has 33 heavy (non-hydrogen) atoms. The van der Waals surface area contributed by atoms with Gasteiger partial charge in [0.1, 0.15) is 4.21 Å². The van der Waals surface area contributed by atoms with Gasteiger partial charge in [0.25, 0.3) is 5.56 Å². The summed E-state index contributed by atoms with van der Waals surface area (Å²) in [4.78, 5) is 12.1. The second kappa shape index (κ2) is 9.71. The van der Waals surface area contributed by atoms with Gasteiger partial charge in [0.2, 0.25) is 10.0 Å².